The molecule has 0 aromatic heterocycles. The first kappa shape index (κ1) is 13.5. The molecule has 0 aromatic rings. The van der Waals surface area contributed by atoms with Crippen molar-refractivity contribution in [2.45, 2.75) is 18.6 Å². The molecule has 3 aliphatic heterocycles. The Labute approximate surface area is 117 Å². The predicted octanol–water partition coefficient (Wildman–Crippen LogP) is 1.23. The van der Waals surface area contributed by atoms with Gasteiger partial charge in [-0.25, -0.2) is 0 Å². The summed E-state index contributed by atoms with van der Waals surface area (Å²) in [6.07, 6.45) is 2.16. The second-order valence-electron chi connectivity index (χ2n) is 5.59. The zero-order valence-corrected chi connectivity index (χ0v) is 13.5. The van der Waals surface area contributed by atoms with Gasteiger partial charge in [-0.1, -0.05) is 0 Å². The van der Waals surface area contributed by atoms with Gasteiger partial charge in [0.2, 0.25) is 0 Å². The molecule has 4 nitrogen and oxygen atoms in total. The van der Waals surface area contributed by atoms with Crippen LogP contribution in [0.3, 0.4) is 0 Å². The number of halogens is 1. The van der Waals surface area contributed by atoms with Gasteiger partial charge in [-0.2, -0.15) is 0 Å². The summed E-state index contributed by atoms with van der Waals surface area (Å²) in [4.78, 5) is 5.17. The Bertz CT molecular complexity index is 266. The predicted molar refractivity (Wildman–Crippen MR) is 81.6 cm³/mol. The van der Waals surface area contributed by atoms with E-state index in [1.807, 2.05) is 0 Å². The second-order valence-corrected chi connectivity index (χ2v) is 11.7. The van der Waals surface area contributed by atoms with Crippen molar-refractivity contribution in [1.29, 1.82) is 0 Å². The van der Waals surface area contributed by atoms with E-state index < -0.39 is 19.8 Å². The zero-order valence-electron chi connectivity index (χ0n) is 11.4. The molecule has 0 unspecified atom stereocenters. The van der Waals surface area contributed by atoms with Gasteiger partial charge >= 0.3 is 118 Å². The quantitative estimate of drug-likeness (QED) is 0.416. The van der Waals surface area contributed by atoms with Gasteiger partial charge < -0.3 is 0 Å². The van der Waals surface area contributed by atoms with E-state index in [1.165, 1.54) is 39.6 Å². The van der Waals surface area contributed by atoms with Gasteiger partial charge in [0.05, 0.1) is 0 Å². The van der Waals surface area contributed by atoms with E-state index in [0.717, 1.165) is 26.1 Å². The van der Waals surface area contributed by atoms with Crippen LogP contribution >= 0.6 is 19.8 Å². The van der Waals surface area contributed by atoms with Gasteiger partial charge in [0.15, 0.2) is 0 Å². The normalized spacial score (nSPS) is 32.2. The number of piperidine rings is 1. The van der Waals surface area contributed by atoms with Crippen LogP contribution in [0.15, 0.2) is 0 Å². The molecule has 106 valence electrons. The molecule has 0 aromatic carbocycles. The first-order chi connectivity index (χ1) is 8.76. The van der Waals surface area contributed by atoms with E-state index in [4.69, 9.17) is 9.47 Å². The van der Waals surface area contributed by atoms with Crippen LogP contribution in [0.4, 0.5) is 0 Å². The standard InChI is InChI=1S/C13H25IN2O2/c1-15-8-4-14(5-9-15)12-16-6-2-13(3-7-16)17-10-11-18-13/h2-12H2,1H3. The molecule has 3 rings (SSSR count). The number of ether oxygens (including phenoxy) is 2. The summed E-state index contributed by atoms with van der Waals surface area (Å²) < 4.78 is 16.1. The minimum atomic E-state index is -0.657. The third kappa shape index (κ3) is 3.17. The molecule has 0 radical (unpaired) electrons. The maximum absolute atomic E-state index is 5.79. The van der Waals surface area contributed by atoms with E-state index in [1.54, 1.807) is 0 Å². The number of alkyl halides is 3. The summed E-state index contributed by atoms with van der Waals surface area (Å²) >= 11 is -0.657. The Morgan fingerprint density at radius 3 is 2.22 bits per heavy atom. The summed E-state index contributed by atoms with van der Waals surface area (Å²) in [6, 6.07) is 0. The topological polar surface area (TPSA) is 24.9 Å². The van der Waals surface area contributed by atoms with Crippen molar-refractivity contribution in [3.63, 3.8) is 0 Å². The molecule has 0 aliphatic carbocycles. The van der Waals surface area contributed by atoms with E-state index in [-0.39, 0.29) is 5.79 Å². The van der Waals surface area contributed by atoms with Gasteiger partial charge in [-0.05, 0) is 0 Å². The monoisotopic (exact) mass is 368 g/mol. The van der Waals surface area contributed by atoms with Crippen LogP contribution in [0.5, 0.6) is 0 Å². The molecule has 0 amide bonds. The van der Waals surface area contributed by atoms with Gasteiger partial charge in [0, 0.05) is 0 Å². The Morgan fingerprint density at radius 1 is 1.00 bits per heavy atom. The van der Waals surface area contributed by atoms with Gasteiger partial charge in [0.1, 0.15) is 0 Å². The average molecular weight is 368 g/mol. The Hall–Kier alpha value is 0.570. The first-order valence-corrected chi connectivity index (χ1v) is 11.6. The van der Waals surface area contributed by atoms with E-state index >= 15 is 0 Å². The second kappa shape index (κ2) is 5.91. The molecule has 3 heterocycles. The number of likely N-dealkylation sites (tertiary alicyclic amines) is 1. The van der Waals surface area contributed by atoms with Crippen LogP contribution in [-0.4, -0.2) is 75.4 Å². The maximum atomic E-state index is 5.79. The van der Waals surface area contributed by atoms with Crippen molar-refractivity contribution < 1.29 is 9.47 Å². The summed E-state index contributed by atoms with van der Waals surface area (Å²) in [7, 11) is 2.26. The van der Waals surface area contributed by atoms with E-state index in [9.17, 15) is 0 Å². The molecular formula is C13H25IN2O2. The van der Waals surface area contributed by atoms with Crippen LogP contribution in [0.25, 0.3) is 0 Å². The zero-order chi connectivity index (χ0) is 12.4. The Balaban J connectivity index is 1.42. The fourth-order valence-corrected chi connectivity index (χ4v) is 9.17. The van der Waals surface area contributed by atoms with Crippen molar-refractivity contribution in [1.82, 2.24) is 9.80 Å². The SMILES string of the molecule is CN1CCI(CN2CCC3(CC2)OCCO3)CC1. The van der Waals surface area contributed by atoms with Crippen LogP contribution in [0.1, 0.15) is 12.8 Å². The molecule has 18 heavy (non-hydrogen) atoms. The summed E-state index contributed by atoms with van der Waals surface area (Å²) in [5, 5.41) is 0. The van der Waals surface area contributed by atoms with Gasteiger partial charge in [-0.15, -0.1) is 0 Å². The number of nitrogens with zero attached hydrogens (tertiary/aromatic N) is 2. The molecule has 1 spiro atoms. The Morgan fingerprint density at radius 2 is 1.61 bits per heavy atom. The van der Waals surface area contributed by atoms with Crippen molar-refractivity contribution in [2.75, 3.05) is 59.8 Å². The fourth-order valence-electron chi connectivity index (χ4n) is 2.89. The molecule has 0 bridgehead atoms. The molecule has 5 heteroatoms. The van der Waals surface area contributed by atoms with Crippen LogP contribution < -0.4 is 0 Å². The first-order valence-electron chi connectivity index (χ1n) is 7.02. The summed E-state index contributed by atoms with van der Waals surface area (Å²) in [5.41, 5.74) is 0. The average Bonchev–Trinajstić information content (AvgIpc) is 2.84. The molecule has 3 aliphatic rings. The van der Waals surface area contributed by atoms with Crippen molar-refractivity contribution in [2.24, 2.45) is 0 Å². The summed E-state index contributed by atoms with van der Waals surface area (Å²) in [5.74, 6) is -0.188. The van der Waals surface area contributed by atoms with Crippen LogP contribution in [-0.2, 0) is 9.47 Å². The van der Waals surface area contributed by atoms with Gasteiger partial charge in [-0.3, -0.25) is 0 Å². The van der Waals surface area contributed by atoms with Crippen LogP contribution in [0.2, 0.25) is 0 Å². The van der Waals surface area contributed by atoms with Crippen molar-refractivity contribution >= 4 is 19.8 Å². The number of hydrogen-bond donors (Lipinski definition) is 0. The summed E-state index contributed by atoms with van der Waals surface area (Å²) in [6.45, 7) is 6.65. The number of rotatable bonds is 2. The molecule has 0 atom stereocenters. The molecule has 0 N–H and O–H groups in total. The Kier molecular flexibility index (Phi) is 4.45. The van der Waals surface area contributed by atoms with E-state index in [0.29, 0.717) is 0 Å². The molecule has 0 saturated carbocycles. The van der Waals surface area contributed by atoms with Crippen molar-refractivity contribution in [3.8, 4) is 0 Å². The van der Waals surface area contributed by atoms with E-state index in [2.05, 4.69) is 16.8 Å². The third-order valence-electron chi connectivity index (χ3n) is 4.24. The van der Waals surface area contributed by atoms with Crippen molar-refractivity contribution in [3.05, 3.63) is 0 Å². The molecule has 3 fully saturated rings. The fraction of sp³-hybridized carbons (Fsp3) is 1.00. The van der Waals surface area contributed by atoms with Crippen LogP contribution in [0, 0.1) is 0 Å². The molecular weight excluding hydrogens is 343 g/mol. The third-order valence-corrected chi connectivity index (χ3v) is 10.2. The number of hydrogen-bond acceptors (Lipinski definition) is 4. The minimum absolute atomic E-state index is 0.188. The molecule has 3 saturated heterocycles. The van der Waals surface area contributed by atoms with Gasteiger partial charge in [0.25, 0.3) is 0 Å².